The topological polar surface area (TPSA) is 24.9 Å². The molecule has 0 radical (unpaired) electrons. The molecule has 1 aromatic carbocycles. The average Bonchev–Trinajstić information content (AvgIpc) is 2.64. The summed E-state index contributed by atoms with van der Waals surface area (Å²) in [7, 11) is 0. The van der Waals surface area contributed by atoms with Crippen molar-refractivity contribution in [3.8, 4) is 0 Å². The molecule has 0 saturated carbocycles. The first-order valence-corrected chi connectivity index (χ1v) is 7.05. The van der Waals surface area contributed by atoms with E-state index in [9.17, 15) is 0 Å². The van der Waals surface area contributed by atoms with Crippen LogP contribution in [0.2, 0.25) is 0 Å². The zero-order valence-corrected chi connectivity index (χ0v) is 12.2. The zero-order valence-electron chi connectivity index (χ0n) is 9.20. The van der Waals surface area contributed by atoms with Gasteiger partial charge in [-0.05, 0) is 54.6 Å². The van der Waals surface area contributed by atoms with Gasteiger partial charge in [0, 0.05) is 14.1 Å². The fraction of sp³-hybridized carbons (Fsp3) is 0.250. The fourth-order valence-electron chi connectivity index (χ4n) is 1.62. The summed E-state index contributed by atoms with van der Waals surface area (Å²) in [5.41, 5.74) is 4.18. The Morgan fingerprint density at radius 1 is 1.44 bits per heavy atom. The molecule has 0 fully saturated rings. The van der Waals surface area contributed by atoms with Crippen molar-refractivity contribution in [2.45, 2.75) is 19.9 Å². The molecule has 0 bridgehead atoms. The van der Waals surface area contributed by atoms with Crippen LogP contribution < -0.4 is 5.32 Å². The molecule has 4 heteroatoms. The van der Waals surface area contributed by atoms with Gasteiger partial charge < -0.3 is 5.32 Å². The van der Waals surface area contributed by atoms with E-state index in [4.69, 9.17) is 0 Å². The summed E-state index contributed by atoms with van der Waals surface area (Å²) in [6, 6.07) is 8.71. The van der Waals surface area contributed by atoms with Crippen molar-refractivity contribution in [1.29, 1.82) is 0 Å². The molecule has 2 rings (SSSR count). The Hall–Kier alpha value is -0.620. The van der Waals surface area contributed by atoms with Gasteiger partial charge in [0.1, 0.15) is 0 Å². The van der Waals surface area contributed by atoms with E-state index < -0.39 is 0 Å². The largest absolute Gasteiger partial charge is 0.378 e. The van der Waals surface area contributed by atoms with Crippen molar-refractivity contribution < 1.29 is 0 Å². The molecule has 0 amide bonds. The molecule has 1 N–H and O–H groups in total. The lowest BCUT2D eigenvalue weighted by Crippen LogP contribution is -2.06. The predicted molar refractivity (Wildman–Crippen MR) is 78.0 cm³/mol. The van der Waals surface area contributed by atoms with Gasteiger partial charge in [-0.15, -0.1) is 11.3 Å². The number of benzene rings is 1. The van der Waals surface area contributed by atoms with Crippen LogP contribution in [0.4, 0.5) is 5.69 Å². The summed E-state index contributed by atoms with van der Waals surface area (Å²) in [5, 5.41) is 3.49. The molecule has 84 valence electrons. The number of nitrogens with zero attached hydrogens (tertiary/aromatic N) is 1. The molecular formula is C12H13IN2S. The van der Waals surface area contributed by atoms with Crippen molar-refractivity contribution in [3.05, 3.63) is 43.9 Å². The SMILES string of the molecule is Cc1ncsc1C(C)Nc1cccc(I)c1. The maximum atomic E-state index is 4.27. The first-order chi connectivity index (χ1) is 7.66. The number of aromatic nitrogens is 1. The summed E-state index contributed by atoms with van der Waals surface area (Å²) in [6.45, 7) is 4.22. The van der Waals surface area contributed by atoms with Gasteiger partial charge in [-0.3, -0.25) is 0 Å². The third kappa shape index (κ3) is 2.74. The van der Waals surface area contributed by atoms with Gasteiger partial charge in [0.05, 0.1) is 17.2 Å². The molecule has 1 heterocycles. The lowest BCUT2D eigenvalue weighted by molar-refractivity contribution is 0.890. The second-order valence-corrected chi connectivity index (χ2v) is 5.81. The van der Waals surface area contributed by atoms with Gasteiger partial charge in [0.15, 0.2) is 0 Å². The van der Waals surface area contributed by atoms with Crippen molar-refractivity contribution in [2.24, 2.45) is 0 Å². The number of hydrogen-bond donors (Lipinski definition) is 1. The van der Waals surface area contributed by atoms with Crippen LogP contribution in [0.25, 0.3) is 0 Å². The highest BCUT2D eigenvalue weighted by atomic mass is 127. The van der Waals surface area contributed by atoms with Gasteiger partial charge in [-0.1, -0.05) is 6.07 Å². The first kappa shape index (κ1) is 11.9. The first-order valence-electron chi connectivity index (χ1n) is 5.09. The molecule has 2 aromatic rings. The molecule has 0 aliphatic carbocycles. The molecule has 0 aliphatic rings. The van der Waals surface area contributed by atoms with E-state index in [0.29, 0.717) is 6.04 Å². The van der Waals surface area contributed by atoms with Gasteiger partial charge in [-0.25, -0.2) is 4.98 Å². The standard InChI is InChI=1S/C12H13IN2S/c1-8-12(16-7-14-8)9(2)15-11-5-3-4-10(13)6-11/h3-7,9,15H,1-2H3. The highest BCUT2D eigenvalue weighted by Crippen LogP contribution is 2.25. The number of anilines is 1. The number of nitrogens with one attached hydrogen (secondary N) is 1. The maximum absolute atomic E-state index is 4.27. The monoisotopic (exact) mass is 344 g/mol. The van der Waals surface area contributed by atoms with Crippen LogP contribution >= 0.6 is 33.9 Å². The normalized spacial score (nSPS) is 12.4. The molecule has 16 heavy (non-hydrogen) atoms. The van der Waals surface area contributed by atoms with Gasteiger partial charge in [0.2, 0.25) is 0 Å². The van der Waals surface area contributed by atoms with E-state index in [-0.39, 0.29) is 0 Å². The number of rotatable bonds is 3. The molecular weight excluding hydrogens is 331 g/mol. The van der Waals surface area contributed by atoms with Crippen molar-refractivity contribution in [1.82, 2.24) is 4.98 Å². The van der Waals surface area contributed by atoms with Crippen LogP contribution in [0.5, 0.6) is 0 Å². The van der Waals surface area contributed by atoms with E-state index in [2.05, 4.69) is 71.0 Å². The van der Waals surface area contributed by atoms with Crippen molar-refractivity contribution >= 4 is 39.6 Å². The lowest BCUT2D eigenvalue weighted by atomic mass is 10.2. The Balaban J connectivity index is 2.14. The highest BCUT2D eigenvalue weighted by Gasteiger charge is 2.10. The number of aryl methyl sites for hydroxylation is 1. The van der Waals surface area contributed by atoms with Crippen LogP contribution in [0, 0.1) is 10.5 Å². The second-order valence-electron chi connectivity index (χ2n) is 3.68. The Bertz CT molecular complexity index is 481. The van der Waals surface area contributed by atoms with Crippen LogP contribution in [0.1, 0.15) is 23.5 Å². The molecule has 1 unspecified atom stereocenters. The predicted octanol–water partition coefficient (Wildman–Crippen LogP) is 4.23. The Morgan fingerprint density at radius 3 is 2.88 bits per heavy atom. The summed E-state index contributed by atoms with van der Waals surface area (Å²) < 4.78 is 1.25. The van der Waals surface area contributed by atoms with Crippen molar-refractivity contribution in [2.75, 3.05) is 5.32 Å². The number of thiazole rings is 1. The molecule has 0 spiro atoms. The zero-order chi connectivity index (χ0) is 11.5. The maximum Gasteiger partial charge on any atom is 0.0798 e. The third-order valence-corrected chi connectivity index (χ3v) is 4.17. The molecule has 0 saturated heterocycles. The van der Waals surface area contributed by atoms with Crippen LogP contribution in [0.3, 0.4) is 0 Å². The smallest absolute Gasteiger partial charge is 0.0798 e. The number of halogens is 1. The lowest BCUT2D eigenvalue weighted by Gasteiger charge is -2.14. The van der Waals surface area contributed by atoms with Gasteiger partial charge in [-0.2, -0.15) is 0 Å². The average molecular weight is 344 g/mol. The molecule has 1 atom stereocenters. The third-order valence-electron chi connectivity index (χ3n) is 2.38. The van der Waals surface area contributed by atoms with E-state index in [1.54, 1.807) is 11.3 Å². The number of hydrogen-bond acceptors (Lipinski definition) is 3. The summed E-state index contributed by atoms with van der Waals surface area (Å²) in [4.78, 5) is 5.58. The van der Waals surface area contributed by atoms with E-state index in [1.807, 2.05) is 5.51 Å². The van der Waals surface area contributed by atoms with E-state index in [0.717, 1.165) is 11.4 Å². The molecule has 0 aliphatic heterocycles. The fourth-order valence-corrected chi connectivity index (χ4v) is 2.97. The van der Waals surface area contributed by atoms with Gasteiger partial charge in [0.25, 0.3) is 0 Å². The Kier molecular flexibility index (Phi) is 3.81. The molecule has 2 nitrogen and oxygen atoms in total. The second kappa shape index (κ2) is 5.14. The Morgan fingerprint density at radius 2 is 2.25 bits per heavy atom. The van der Waals surface area contributed by atoms with Crippen molar-refractivity contribution in [3.63, 3.8) is 0 Å². The van der Waals surface area contributed by atoms with Gasteiger partial charge >= 0.3 is 0 Å². The Labute approximate surface area is 113 Å². The van der Waals surface area contributed by atoms with E-state index in [1.165, 1.54) is 8.45 Å². The summed E-state index contributed by atoms with van der Waals surface area (Å²) in [5.74, 6) is 0. The van der Waals surface area contributed by atoms with Crippen LogP contribution in [-0.4, -0.2) is 4.98 Å². The minimum Gasteiger partial charge on any atom is -0.378 e. The minimum atomic E-state index is 0.311. The van der Waals surface area contributed by atoms with E-state index >= 15 is 0 Å². The molecule has 1 aromatic heterocycles. The van der Waals surface area contributed by atoms with Crippen LogP contribution in [-0.2, 0) is 0 Å². The summed E-state index contributed by atoms with van der Waals surface area (Å²) >= 11 is 4.03. The summed E-state index contributed by atoms with van der Waals surface area (Å²) in [6.07, 6.45) is 0. The highest BCUT2D eigenvalue weighted by molar-refractivity contribution is 14.1. The minimum absolute atomic E-state index is 0.311. The van der Waals surface area contributed by atoms with Crippen LogP contribution in [0.15, 0.2) is 29.8 Å². The quantitative estimate of drug-likeness (QED) is 0.843.